The minimum Gasteiger partial charge on any atom is -0.336 e. The average molecular weight is 384 g/mol. The molecule has 0 unspecified atom stereocenters. The summed E-state index contributed by atoms with van der Waals surface area (Å²) in [7, 11) is 0. The molecular formula is C25H24N2O2. The zero-order valence-electron chi connectivity index (χ0n) is 16.3. The topological polar surface area (TPSA) is 40.6 Å². The van der Waals surface area contributed by atoms with Gasteiger partial charge in [0.05, 0.1) is 6.54 Å². The predicted octanol–water partition coefficient (Wildman–Crippen LogP) is 3.99. The van der Waals surface area contributed by atoms with Crippen LogP contribution in [0.3, 0.4) is 0 Å². The maximum absolute atomic E-state index is 12.7. The molecule has 3 aromatic rings. The Kier molecular flexibility index (Phi) is 5.82. The number of carbonyl (C=O) groups is 2. The number of ketones is 1. The lowest BCUT2D eigenvalue weighted by Crippen LogP contribution is -2.49. The second kappa shape index (κ2) is 8.84. The van der Waals surface area contributed by atoms with Crippen LogP contribution in [0.15, 0.2) is 84.9 Å². The number of nitrogens with zero attached hydrogens (tertiary/aromatic N) is 2. The molecule has 146 valence electrons. The SMILES string of the molecule is O=C(CN1CCN(C(=O)c2ccccc2)CC1)c1ccc(-c2ccccc2)cc1. The summed E-state index contributed by atoms with van der Waals surface area (Å²) in [6.45, 7) is 3.11. The van der Waals surface area contributed by atoms with E-state index in [0.717, 1.165) is 22.3 Å². The van der Waals surface area contributed by atoms with Crippen molar-refractivity contribution in [2.24, 2.45) is 0 Å². The minimum absolute atomic E-state index is 0.0630. The largest absolute Gasteiger partial charge is 0.336 e. The van der Waals surface area contributed by atoms with Crippen molar-refractivity contribution in [3.8, 4) is 11.1 Å². The van der Waals surface area contributed by atoms with Gasteiger partial charge in [0, 0.05) is 37.3 Å². The van der Waals surface area contributed by atoms with Gasteiger partial charge in [0.1, 0.15) is 0 Å². The third-order valence-electron chi connectivity index (χ3n) is 5.36. The van der Waals surface area contributed by atoms with E-state index in [1.807, 2.05) is 77.7 Å². The minimum atomic E-state index is 0.0630. The number of piperazine rings is 1. The molecule has 4 heteroatoms. The fraction of sp³-hybridized carbons (Fsp3) is 0.200. The fourth-order valence-electron chi connectivity index (χ4n) is 3.65. The van der Waals surface area contributed by atoms with E-state index < -0.39 is 0 Å². The molecule has 1 heterocycles. The van der Waals surface area contributed by atoms with E-state index in [0.29, 0.717) is 32.7 Å². The molecule has 0 spiro atoms. The quantitative estimate of drug-likeness (QED) is 0.625. The molecule has 0 bridgehead atoms. The molecule has 0 N–H and O–H groups in total. The summed E-state index contributed by atoms with van der Waals surface area (Å²) in [6.07, 6.45) is 0. The number of Topliss-reactive ketones (excluding diaryl/α,β-unsaturated/α-hetero) is 1. The van der Waals surface area contributed by atoms with Crippen molar-refractivity contribution in [2.75, 3.05) is 32.7 Å². The summed E-state index contributed by atoms with van der Waals surface area (Å²) in [5, 5.41) is 0. The second-order valence-electron chi connectivity index (χ2n) is 7.30. The summed E-state index contributed by atoms with van der Waals surface area (Å²) in [6, 6.07) is 27.3. The third-order valence-corrected chi connectivity index (χ3v) is 5.36. The van der Waals surface area contributed by atoms with Crippen LogP contribution in [0.5, 0.6) is 0 Å². The molecule has 0 radical (unpaired) electrons. The lowest BCUT2D eigenvalue weighted by Gasteiger charge is -2.34. The maximum Gasteiger partial charge on any atom is 0.253 e. The van der Waals surface area contributed by atoms with Crippen LogP contribution in [0.25, 0.3) is 11.1 Å². The number of hydrogen-bond acceptors (Lipinski definition) is 3. The van der Waals surface area contributed by atoms with Gasteiger partial charge in [-0.25, -0.2) is 0 Å². The highest BCUT2D eigenvalue weighted by Gasteiger charge is 2.23. The van der Waals surface area contributed by atoms with Crippen LogP contribution in [-0.4, -0.2) is 54.2 Å². The summed E-state index contributed by atoms with van der Waals surface area (Å²) < 4.78 is 0. The van der Waals surface area contributed by atoms with Gasteiger partial charge in [0.15, 0.2) is 5.78 Å². The molecule has 1 saturated heterocycles. The molecule has 0 saturated carbocycles. The van der Waals surface area contributed by atoms with Crippen LogP contribution < -0.4 is 0 Å². The van der Waals surface area contributed by atoms with Gasteiger partial charge in [-0.3, -0.25) is 14.5 Å². The Morgan fingerprint density at radius 1 is 0.621 bits per heavy atom. The Morgan fingerprint density at radius 2 is 1.17 bits per heavy atom. The van der Waals surface area contributed by atoms with Gasteiger partial charge in [-0.2, -0.15) is 0 Å². The van der Waals surface area contributed by atoms with E-state index in [1.165, 1.54) is 0 Å². The van der Waals surface area contributed by atoms with Crippen molar-refractivity contribution < 1.29 is 9.59 Å². The van der Waals surface area contributed by atoms with E-state index in [-0.39, 0.29) is 11.7 Å². The number of benzene rings is 3. The zero-order valence-corrected chi connectivity index (χ0v) is 16.3. The van der Waals surface area contributed by atoms with E-state index in [2.05, 4.69) is 17.0 Å². The molecule has 1 amide bonds. The Bertz CT molecular complexity index is 961. The van der Waals surface area contributed by atoms with Gasteiger partial charge in [-0.15, -0.1) is 0 Å². The molecule has 0 aromatic heterocycles. The van der Waals surface area contributed by atoms with Gasteiger partial charge in [0.25, 0.3) is 5.91 Å². The van der Waals surface area contributed by atoms with E-state index in [1.54, 1.807) is 0 Å². The summed E-state index contributed by atoms with van der Waals surface area (Å²) >= 11 is 0. The van der Waals surface area contributed by atoms with Gasteiger partial charge in [0.2, 0.25) is 0 Å². The van der Waals surface area contributed by atoms with Gasteiger partial charge >= 0.3 is 0 Å². The molecule has 4 nitrogen and oxygen atoms in total. The maximum atomic E-state index is 12.7. The summed E-state index contributed by atoms with van der Waals surface area (Å²) in [4.78, 5) is 29.2. The molecule has 0 aliphatic carbocycles. The lowest BCUT2D eigenvalue weighted by atomic mass is 10.0. The predicted molar refractivity (Wildman–Crippen MR) is 115 cm³/mol. The first-order chi connectivity index (χ1) is 14.2. The molecule has 4 rings (SSSR count). The van der Waals surface area contributed by atoms with Crippen LogP contribution in [0.4, 0.5) is 0 Å². The first-order valence-electron chi connectivity index (χ1n) is 9.96. The first-order valence-corrected chi connectivity index (χ1v) is 9.96. The van der Waals surface area contributed by atoms with Crippen molar-refractivity contribution in [3.05, 3.63) is 96.1 Å². The Labute approximate surface area is 171 Å². The third kappa shape index (κ3) is 4.61. The van der Waals surface area contributed by atoms with Crippen molar-refractivity contribution in [1.82, 2.24) is 9.80 Å². The summed E-state index contributed by atoms with van der Waals surface area (Å²) in [5.41, 5.74) is 3.70. The van der Waals surface area contributed by atoms with Gasteiger partial charge in [-0.1, -0.05) is 72.8 Å². The highest BCUT2D eigenvalue weighted by atomic mass is 16.2. The van der Waals surface area contributed by atoms with E-state index in [9.17, 15) is 9.59 Å². The molecule has 1 fully saturated rings. The van der Waals surface area contributed by atoms with Crippen LogP contribution >= 0.6 is 0 Å². The second-order valence-corrected chi connectivity index (χ2v) is 7.30. The highest BCUT2D eigenvalue weighted by molar-refractivity contribution is 5.98. The number of amides is 1. The highest BCUT2D eigenvalue weighted by Crippen LogP contribution is 2.19. The molecule has 1 aliphatic heterocycles. The van der Waals surface area contributed by atoms with Crippen molar-refractivity contribution in [1.29, 1.82) is 0 Å². The number of rotatable bonds is 5. The standard InChI is InChI=1S/C25H24N2O2/c28-24(22-13-11-21(12-14-22)20-7-3-1-4-8-20)19-26-15-17-27(18-16-26)25(29)23-9-5-2-6-10-23/h1-14H,15-19H2. The van der Waals surface area contributed by atoms with Crippen LogP contribution in [0, 0.1) is 0 Å². The molecule has 3 aromatic carbocycles. The first kappa shape index (κ1) is 19.1. The fourth-order valence-corrected chi connectivity index (χ4v) is 3.65. The van der Waals surface area contributed by atoms with Crippen molar-refractivity contribution in [2.45, 2.75) is 0 Å². The van der Waals surface area contributed by atoms with Crippen molar-refractivity contribution in [3.63, 3.8) is 0 Å². The molecule has 0 atom stereocenters. The smallest absolute Gasteiger partial charge is 0.253 e. The average Bonchev–Trinajstić information content (AvgIpc) is 2.80. The number of carbonyl (C=O) groups excluding carboxylic acids is 2. The molecule has 1 aliphatic rings. The van der Waals surface area contributed by atoms with Crippen molar-refractivity contribution >= 4 is 11.7 Å². The normalized spacial score (nSPS) is 14.6. The van der Waals surface area contributed by atoms with Gasteiger partial charge in [-0.05, 0) is 23.3 Å². The Balaban J connectivity index is 1.31. The molecule has 29 heavy (non-hydrogen) atoms. The van der Waals surface area contributed by atoms with E-state index in [4.69, 9.17) is 0 Å². The Morgan fingerprint density at radius 3 is 1.79 bits per heavy atom. The monoisotopic (exact) mass is 384 g/mol. The van der Waals surface area contributed by atoms with Crippen LogP contribution in [0.2, 0.25) is 0 Å². The number of hydrogen-bond donors (Lipinski definition) is 0. The van der Waals surface area contributed by atoms with Gasteiger partial charge < -0.3 is 4.90 Å². The van der Waals surface area contributed by atoms with E-state index >= 15 is 0 Å². The zero-order chi connectivity index (χ0) is 20.1. The van der Waals surface area contributed by atoms with Crippen LogP contribution in [0.1, 0.15) is 20.7 Å². The van der Waals surface area contributed by atoms with Crippen LogP contribution in [-0.2, 0) is 0 Å². The lowest BCUT2D eigenvalue weighted by molar-refractivity contribution is 0.0624. The molecular weight excluding hydrogens is 360 g/mol. The Hall–Kier alpha value is -3.24. The summed E-state index contributed by atoms with van der Waals surface area (Å²) in [5.74, 6) is 0.181.